The largest absolute Gasteiger partial charge is 0.426 e. The fraction of sp³-hybridized carbons (Fsp3) is 0.0417. The van der Waals surface area contributed by atoms with E-state index in [0.29, 0.717) is 22.7 Å². The maximum absolute atomic E-state index is 12.2. The summed E-state index contributed by atoms with van der Waals surface area (Å²) < 4.78 is 5.39. The Kier molecular flexibility index (Phi) is 5.96. The van der Waals surface area contributed by atoms with Gasteiger partial charge in [-0.05, 0) is 36.4 Å². The quantitative estimate of drug-likeness (QED) is 0.347. The van der Waals surface area contributed by atoms with E-state index >= 15 is 0 Å². The van der Waals surface area contributed by atoms with Crippen LogP contribution in [0, 0.1) is 0 Å². The van der Waals surface area contributed by atoms with E-state index in [1.54, 1.807) is 36.4 Å². The number of benzene rings is 3. The predicted octanol–water partition coefficient (Wildman–Crippen LogP) is 5.21. The summed E-state index contributed by atoms with van der Waals surface area (Å²) in [5, 5.41) is 5.55. The number of rotatable bonds is 6. The molecule has 0 atom stereocenters. The zero-order valence-electron chi connectivity index (χ0n) is 15.9. The lowest BCUT2D eigenvalue weighted by molar-refractivity contribution is -0.133. The van der Waals surface area contributed by atoms with Gasteiger partial charge in [0.05, 0.1) is 12.1 Å². The van der Waals surface area contributed by atoms with Crippen LogP contribution in [0.3, 0.4) is 0 Å². The summed E-state index contributed by atoms with van der Waals surface area (Å²) in [5.41, 5.74) is 2.90. The van der Waals surface area contributed by atoms with E-state index < -0.39 is 0 Å². The van der Waals surface area contributed by atoms with E-state index in [1.165, 1.54) is 11.3 Å². The molecule has 4 rings (SSSR count). The van der Waals surface area contributed by atoms with Crippen molar-refractivity contribution in [1.82, 2.24) is 4.98 Å². The maximum atomic E-state index is 12.2. The van der Waals surface area contributed by atoms with E-state index in [9.17, 15) is 9.59 Å². The highest BCUT2D eigenvalue weighted by Crippen LogP contribution is 2.24. The minimum atomic E-state index is -0.388. The predicted molar refractivity (Wildman–Crippen MR) is 118 cm³/mol. The van der Waals surface area contributed by atoms with Crippen LogP contribution in [0.15, 0.2) is 90.3 Å². The molecule has 0 fully saturated rings. The molecule has 0 spiro atoms. The number of ether oxygens (including phenoxy) is 1. The van der Waals surface area contributed by atoms with Crippen molar-refractivity contribution < 1.29 is 14.3 Å². The van der Waals surface area contributed by atoms with Gasteiger partial charge in [-0.15, -0.1) is 11.3 Å². The third kappa shape index (κ3) is 4.98. The normalized spacial score (nSPS) is 10.4. The van der Waals surface area contributed by atoms with Crippen LogP contribution in [0.5, 0.6) is 5.75 Å². The van der Waals surface area contributed by atoms with Gasteiger partial charge in [0, 0.05) is 22.2 Å². The highest BCUT2D eigenvalue weighted by atomic mass is 32.1. The average molecular weight is 414 g/mol. The molecule has 148 valence electrons. The third-order valence-corrected chi connectivity index (χ3v) is 5.22. The molecule has 4 aromatic rings. The number of carbonyl (C=O) groups is 2. The SMILES string of the molecule is O=C(Cc1csc(-c2ccccc2)n1)Oc1ccc(NC(=O)c2ccccc2)cc1. The van der Waals surface area contributed by atoms with Crippen molar-refractivity contribution in [3.63, 3.8) is 0 Å². The first-order valence-corrected chi connectivity index (χ1v) is 10.2. The average Bonchev–Trinajstić information content (AvgIpc) is 3.24. The Hall–Kier alpha value is -3.77. The summed E-state index contributed by atoms with van der Waals surface area (Å²) in [6.07, 6.45) is 0.0931. The Morgan fingerprint density at radius 1 is 0.867 bits per heavy atom. The molecule has 0 bridgehead atoms. The number of aromatic nitrogens is 1. The van der Waals surface area contributed by atoms with Gasteiger partial charge in [-0.1, -0.05) is 48.5 Å². The number of hydrogen-bond acceptors (Lipinski definition) is 5. The number of anilines is 1. The molecule has 6 heteroatoms. The molecule has 3 aromatic carbocycles. The van der Waals surface area contributed by atoms with Gasteiger partial charge in [-0.25, -0.2) is 4.98 Å². The molecule has 30 heavy (non-hydrogen) atoms. The van der Waals surface area contributed by atoms with Crippen molar-refractivity contribution in [2.24, 2.45) is 0 Å². The van der Waals surface area contributed by atoms with Gasteiger partial charge in [0.25, 0.3) is 5.91 Å². The smallest absolute Gasteiger partial charge is 0.317 e. The zero-order chi connectivity index (χ0) is 20.8. The van der Waals surface area contributed by atoms with Gasteiger partial charge in [-0.3, -0.25) is 9.59 Å². The molecule has 1 N–H and O–H groups in total. The van der Waals surface area contributed by atoms with Crippen molar-refractivity contribution in [2.75, 3.05) is 5.32 Å². The van der Waals surface area contributed by atoms with Gasteiger partial charge in [0.15, 0.2) is 0 Å². The molecule has 0 saturated carbocycles. The summed E-state index contributed by atoms with van der Waals surface area (Å²) in [6.45, 7) is 0. The second-order valence-electron chi connectivity index (χ2n) is 6.51. The van der Waals surface area contributed by atoms with Gasteiger partial charge in [-0.2, -0.15) is 0 Å². The highest BCUT2D eigenvalue weighted by Gasteiger charge is 2.11. The number of nitrogens with one attached hydrogen (secondary N) is 1. The van der Waals surface area contributed by atoms with Crippen molar-refractivity contribution in [3.05, 3.63) is 102 Å². The number of nitrogens with zero attached hydrogens (tertiary/aromatic N) is 1. The fourth-order valence-corrected chi connectivity index (χ4v) is 3.64. The van der Waals surface area contributed by atoms with Crippen molar-refractivity contribution in [3.8, 4) is 16.3 Å². The van der Waals surface area contributed by atoms with Crippen LogP contribution in [0.25, 0.3) is 10.6 Å². The minimum absolute atomic E-state index is 0.0931. The molecule has 0 unspecified atom stereocenters. The topological polar surface area (TPSA) is 68.3 Å². The van der Waals surface area contributed by atoms with E-state index in [1.807, 2.05) is 53.9 Å². The monoisotopic (exact) mass is 414 g/mol. The molecule has 1 aromatic heterocycles. The highest BCUT2D eigenvalue weighted by molar-refractivity contribution is 7.13. The molecule has 0 radical (unpaired) electrons. The summed E-state index contributed by atoms with van der Waals surface area (Å²) in [7, 11) is 0. The summed E-state index contributed by atoms with van der Waals surface area (Å²) in [5.74, 6) is -0.171. The molecule has 1 heterocycles. The number of hydrogen-bond donors (Lipinski definition) is 1. The standard InChI is InChI=1S/C24H18N2O3S/c27-22(15-20-16-30-24(26-20)18-9-5-2-6-10-18)29-21-13-11-19(12-14-21)25-23(28)17-7-3-1-4-8-17/h1-14,16H,15H2,(H,25,28). The molecular weight excluding hydrogens is 396 g/mol. The van der Waals surface area contributed by atoms with Crippen LogP contribution in [0.2, 0.25) is 0 Å². The van der Waals surface area contributed by atoms with Crippen molar-refractivity contribution >= 4 is 28.9 Å². The lowest BCUT2D eigenvalue weighted by Crippen LogP contribution is -2.12. The molecule has 0 aliphatic heterocycles. The second kappa shape index (κ2) is 9.15. The van der Waals surface area contributed by atoms with Crippen LogP contribution in [0.4, 0.5) is 5.69 Å². The Labute approximate surface area is 178 Å². The molecular formula is C24H18N2O3S. The second-order valence-corrected chi connectivity index (χ2v) is 7.36. The first kappa shape index (κ1) is 19.5. The van der Waals surface area contributed by atoms with Gasteiger partial charge in [0.2, 0.25) is 0 Å². The molecule has 5 nitrogen and oxygen atoms in total. The summed E-state index contributed by atoms with van der Waals surface area (Å²) >= 11 is 1.50. The fourth-order valence-electron chi connectivity index (χ4n) is 2.82. The number of carbonyl (C=O) groups excluding carboxylic acids is 2. The molecule has 1 amide bonds. The Morgan fingerprint density at radius 2 is 1.53 bits per heavy atom. The third-order valence-electron chi connectivity index (χ3n) is 4.28. The Bertz CT molecular complexity index is 1140. The zero-order valence-corrected chi connectivity index (χ0v) is 16.8. The van der Waals surface area contributed by atoms with E-state index in [4.69, 9.17) is 4.74 Å². The molecule has 0 saturated heterocycles. The van der Waals surface area contributed by atoms with Gasteiger partial charge in [0.1, 0.15) is 10.8 Å². The van der Waals surface area contributed by atoms with Crippen molar-refractivity contribution in [2.45, 2.75) is 6.42 Å². The number of amides is 1. The summed E-state index contributed by atoms with van der Waals surface area (Å²) in [4.78, 5) is 28.9. The first-order chi connectivity index (χ1) is 14.7. The number of thiazole rings is 1. The summed E-state index contributed by atoms with van der Waals surface area (Å²) in [6, 6.07) is 25.5. The van der Waals surface area contributed by atoms with Gasteiger partial charge >= 0.3 is 5.97 Å². The molecule has 0 aliphatic rings. The first-order valence-electron chi connectivity index (χ1n) is 9.34. The van der Waals surface area contributed by atoms with Gasteiger partial charge < -0.3 is 10.1 Å². The van der Waals surface area contributed by atoms with Crippen molar-refractivity contribution in [1.29, 1.82) is 0 Å². The van der Waals surface area contributed by atoms with E-state index in [-0.39, 0.29) is 18.3 Å². The minimum Gasteiger partial charge on any atom is -0.426 e. The lowest BCUT2D eigenvalue weighted by Gasteiger charge is -2.07. The van der Waals surface area contributed by atoms with Crippen LogP contribution in [-0.4, -0.2) is 16.9 Å². The van der Waals surface area contributed by atoms with E-state index in [0.717, 1.165) is 10.6 Å². The number of esters is 1. The Morgan fingerprint density at radius 3 is 2.23 bits per heavy atom. The van der Waals surface area contributed by atoms with Crippen LogP contribution in [-0.2, 0) is 11.2 Å². The van der Waals surface area contributed by atoms with E-state index in [2.05, 4.69) is 10.3 Å². The van der Waals surface area contributed by atoms with Crippen LogP contribution in [0.1, 0.15) is 16.1 Å². The Balaban J connectivity index is 1.33. The lowest BCUT2D eigenvalue weighted by atomic mass is 10.2. The molecule has 0 aliphatic carbocycles. The van der Waals surface area contributed by atoms with Crippen LogP contribution < -0.4 is 10.1 Å². The van der Waals surface area contributed by atoms with Crippen LogP contribution >= 0.6 is 11.3 Å². The maximum Gasteiger partial charge on any atom is 0.317 e.